The van der Waals surface area contributed by atoms with E-state index in [9.17, 15) is 5.11 Å². The largest absolute Gasteiger partial charge is 0.391 e. The minimum absolute atomic E-state index is 0.239. The second kappa shape index (κ2) is 5.53. The van der Waals surface area contributed by atoms with Gasteiger partial charge in [0.2, 0.25) is 5.95 Å². The average molecular weight is 297 g/mol. The summed E-state index contributed by atoms with van der Waals surface area (Å²) in [5, 5.41) is 9.66. The number of β-amino-alcohol motifs (C(OH)–C–C–N with tert-alkyl or cyclic N) is 1. The number of anilines is 2. The zero-order valence-corrected chi connectivity index (χ0v) is 12.3. The minimum Gasteiger partial charge on any atom is -0.391 e. The van der Waals surface area contributed by atoms with Crippen molar-refractivity contribution in [2.75, 3.05) is 36.0 Å². The monoisotopic (exact) mass is 297 g/mol. The number of rotatable bonds is 3. The fraction of sp³-hybridized carbons (Fsp3) is 0.438. The van der Waals surface area contributed by atoms with Gasteiger partial charge >= 0.3 is 0 Å². The second-order valence-corrected chi connectivity index (χ2v) is 5.99. The molecule has 6 nitrogen and oxygen atoms in total. The summed E-state index contributed by atoms with van der Waals surface area (Å²) in [4.78, 5) is 17.5. The Kier molecular flexibility index (Phi) is 3.38. The van der Waals surface area contributed by atoms with Crippen LogP contribution in [-0.2, 0) is 0 Å². The Balaban J connectivity index is 1.44. The number of hydrogen-bond acceptors (Lipinski definition) is 6. The molecule has 1 N–H and O–H groups in total. The zero-order chi connectivity index (χ0) is 14.9. The smallest absolute Gasteiger partial charge is 0.227 e. The Bertz CT molecular complexity index is 644. The number of hydrogen-bond donors (Lipinski definition) is 1. The molecule has 0 spiro atoms. The van der Waals surface area contributed by atoms with Crippen LogP contribution >= 0.6 is 0 Å². The van der Waals surface area contributed by atoms with E-state index in [2.05, 4.69) is 30.8 Å². The second-order valence-electron chi connectivity index (χ2n) is 5.99. The molecule has 6 heteroatoms. The maximum atomic E-state index is 9.66. The summed E-state index contributed by atoms with van der Waals surface area (Å²) in [5.74, 6) is 2.19. The predicted molar refractivity (Wildman–Crippen MR) is 84.1 cm³/mol. The Labute approximate surface area is 129 Å². The number of aromatic nitrogens is 3. The van der Waals surface area contributed by atoms with Crippen LogP contribution in [0.1, 0.15) is 17.9 Å². The van der Waals surface area contributed by atoms with Crippen LogP contribution in [0.3, 0.4) is 0 Å². The molecule has 0 unspecified atom stereocenters. The van der Waals surface area contributed by atoms with Crippen molar-refractivity contribution in [3.05, 3.63) is 42.4 Å². The number of nitrogens with zero attached hydrogens (tertiary/aromatic N) is 5. The van der Waals surface area contributed by atoms with Gasteiger partial charge in [0.25, 0.3) is 0 Å². The van der Waals surface area contributed by atoms with Crippen molar-refractivity contribution in [1.82, 2.24) is 15.0 Å². The van der Waals surface area contributed by atoms with Crippen LogP contribution in [0.5, 0.6) is 0 Å². The molecule has 0 bridgehead atoms. The molecule has 4 rings (SSSR count). The van der Waals surface area contributed by atoms with Gasteiger partial charge in [0.05, 0.1) is 6.10 Å². The first kappa shape index (κ1) is 13.5. The summed E-state index contributed by atoms with van der Waals surface area (Å²) in [6.07, 6.45) is 6.12. The van der Waals surface area contributed by atoms with E-state index in [0.29, 0.717) is 12.5 Å². The maximum absolute atomic E-state index is 9.66. The van der Waals surface area contributed by atoms with Gasteiger partial charge in [-0.3, -0.25) is 4.98 Å². The third-order valence-electron chi connectivity index (χ3n) is 4.44. The lowest BCUT2D eigenvalue weighted by Gasteiger charge is -2.39. The van der Waals surface area contributed by atoms with E-state index in [-0.39, 0.29) is 6.10 Å². The molecule has 4 heterocycles. The van der Waals surface area contributed by atoms with Gasteiger partial charge in [-0.15, -0.1) is 0 Å². The molecule has 2 aliphatic heterocycles. The summed E-state index contributed by atoms with van der Waals surface area (Å²) in [6.45, 7) is 3.38. The maximum Gasteiger partial charge on any atom is 0.227 e. The summed E-state index contributed by atoms with van der Waals surface area (Å²) >= 11 is 0. The molecular formula is C16H19N5O. The standard InChI is InChI=1S/C16H19N5O/c22-14-4-7-20(11-14)15-3-6-18-16(19-15)21-9-13(10-21)12-2-1-5-17-8-12/h1-3,5-6,8,13-14,22H,4,7,9-11H2/t14-/m0/s1. The van der Waals surface area contributed by atoms with Crippen molar-refractivity contribution < 1.29 is 5.11 Å². The van der Waals surface area contributed by atoms with Crippen LogP contribution in [0.25, 0.3) is 0 Å². The van der Waals surface area contributed by atoms with Crippen molar-refractivity contribution in [2.24, 2.45) is 0 Å². The van der Waals surface area contributed by atoms with Crippen molar-refractivity contribution in [3.63, 3.8) is 0 Å². The molecule has 114 valence electrons. The predicted octanol–water partition coefficient (Wildman–Crippen LogP) is 1.05. The van der Waals surface area contributed by atoms with Crippen LogP contribution in [0.2, 0.25) is 0 Å². The lowest BCUT2D eigenvalue weighted by molar-refractivity contribution is 0.198. The van der Waals surface area contributed by atoms with Crippen molar-refractivity contribution in [3.8, 4) is 0 Å². The van der Waals surface area contributed by atoms with E-state index >= 15 is 0 Å². The van der Waals surface area contributed by atoms with Crippen LogP contribution in [0.15, 0.2) is 36.8 Å². The lowest BCUT2D eigenvalue weighted by atomic mass is 9.93. The zero-order valence-electron chi connectivity index (χ0n) is 12.3. The van der Waals surface area contributed by atoms with Gasteiger partial charge in [-0.2, -0.15) is 4.98 Å². The fourth-order valence-corrected chi connectivity index (χ4v) is 3.09. The Morgan fingerprint density at radius 3 is 2.73 bits per heavy atom. The summed E-state index contributed by atoms with van der Waals surface area (Å²) < 4.78 is 0. The van der Waals surface area contributed by atoms with E-state index < -0.39 is 0 Å². The Morgan fingerprint density at radius 2 is 2.00 bits per heavy atom. The van der Waals surface area contributed by atoms with Gasteiger partial charge in [0.15, 0.2) is 0 Å². The van der Waals surface area contributed by atoms with Crippen molar-refractivity contribution >= 4 is 11.8 Å². The first-order valence-electron chi connectivity index (χ1n) is 7.70. The van der Waals surface area contributed by atoms with Crippen molar-refractivity contribution in [2.45, 2.75) is 18.4 Å². The molecule has 0 radical (unpaired) electrons. The van der Waals surface area contributed by atoms with Gasteiger partial charge < -0.3 is 14.9 Å². The third-order valence-corrected chi connectivity index (χ3v) is 4.44. The summed E-state index contributed by atoms with van der Waals surface area (Å²) in [7, 11) is 0. The van der Waals surface area contributed by atoms with E-state index in [4.69, 9.17) is 0 Å². The first-order chi connectivity index (χ1) is 10.8. The van der Waals surface area contributed by atoms with Crippen LogP contribution in [-0.4, -0.2) is 52.3 Å². The normalized spacial score (nSPS) is 22.0. The topological polar surface area (TPSA) is 65.4 Å². The Hall–Kier alpha value is -2.21. The van der Waals surface area contributed by atoms with Crippen molar-refractivity contribution in [1.29, 1.82) is 0 Å². The van der Waals surface area contributed by atoms with Crippen LogP contribution in [0.4, 0.5) is 11.8 Å². The molecular weight excluding hydrogens is 278 g/mol. The number of aliphatic hydroxyl groups is 1. The highest BCUT2D eigenvalue weighted by atomic mass is 16.3. The van der Waals surface area contributed by atoms with Gasteiger partial charge in [-0.1, -0.05) is 6.07 Å². The Morgan fingerprint density at radius 1 is 1.09 bits per heavy atom. The molecule has 2 saturated heterocycles. The molecule has 2 aliphatic rings. The molecule has 0 aliphatic carbocycles. The molecule has 0 saturated carbocycles. The van der Waals surface area contributed by atoms with E-state index in [0.717, 1.165) is 37.8 Å². The molecule has 0 aromatic carbocycles. The van der Waals surface area contributed by atoms with Crippen LogP contribution < -0.4 is 9.80 Å². The SMILES string of the molecule is O[C@H]1CCN(c2ccnc(N3CC(c4cccnc4)C3)n2)C1. The minimum atomic E-state index is -0.239. The summed E-state index contributed by atoms with van der Waals surface area (Å²) in [6, 6.07) is 6.02. The van der Waals surface area contributed by atoms with E-state index in [1.165, 1.54) is 5.56 Å². The number of aliphatic hydroxyl groups excluding tert-OH is 1. The quantitative estimate of drug-likeness (QED) is 0.913. The highest BCUT2D eigenvalue weighted by molar-refractivity contribution is 5.47. The van der Waals surface area contributed by atoms with Gasteiger partial charge in [0.1, 0.15) is 5.82 Å². The molecule has 2 aromatic heterocycles. The molecule has 0 amide bonds. The van der Waals surface area contributed by atoms with Gasteiger partial charge in [-0.05, 0) is 24.1 Å². The fourth-order valence-electron chi connectivity index (χ4n) is 3.09. The van der Waals surface area contributed by atoms with Crippen LogP contribution in [0, 0.1) is 0 Å². The number of pyridine rings is 1. The first-order valence-corrected chi connectivity index (χ1v) is 7.70. The molecule has 2 aromatic rings. The van der Waals surface area contributed by atoms with E-state index in [1.54, 1.807) is 12.4 Å². The molecule has 2 fully saturated rings. The third kappa shape index (κ3) is 2.50. The van der Waals surface area contributed by atoms with E-state index in [1.807, 2.05) is 18.3 Å². The lowest BCUT2D eigenvalue weighted by Crippen LogP contribution is -2.46. The molecule has 1 atom stereocenters. The van der Waals surface area contributed by atoms with Gasteiger partial charge in [-0.25, -0.2) is 4.98 Å². The van der Waals surface area contributed by atoms with Gasteiger partial charge in [0, 0.05) is 50.7 Å². The highest BCUT2D eigenvalue weighted by Crippen LogP contribution is 2.30. The summed E-state index contributed by atoms with van der Waals surface area (Å²) in [5.41, 5.74) is 1.28. The molecule has 22 heavy (non-hydrogen) atoms. The average Bonchev–Trinajstić information content (AvgIpc) is 2.94. The highest BCUT2D eigenvalue weighted by Gasteiger charge is 2.30.